The molecule has 0 aliphatic rings. The Bertz CT molecular complexity index is 287. The van der Waals surface area contributed by atoms with E-state index in [-0.39, 0.29) is 0 Å². The summed E-state index contributed by atoms with van der Waals surface area (Å²) in [5.41, 5.74) is 2.57. The molecule has 64 valence electrons. The molecule has 3 nitrogen and oxygen atoms in total. The summed E-state index contributed by atoms with van der Waals surface area (Å²) < 4.78 is 0. The van der Waals surface area contributed by atoms with Crippen LogP contribution in [0.1, 0.15) is 11.1 Å². The standard InChI is InChI=1S/C9H11NO2/c1-6-4-3-5-7(2)8(6)10-9(11)12/h3-5,10H,1-2H3,(H,11,12). The molecule has 0 aromatic heterocycles. The lowest BCUT2D eigenvalue weighted by atomic mass is 10.1. The highest BCUT2D eigenvalue weighted by Crippen LogP contribution is 2.18. The number of amides is 1. The van der Waals surface area contributed by atoms with Crippen LogP contribution in [-0.4, -0.2) is 11.2 Å². The van der Waals surface area contributed by atoms with Gasteiger partial charge in [0.15, 0.2) is 0 Å². The van der Waals surface area contributed by atoms with Crippen molar-refractivity contribution in [3.8, 4) is 0 Å². The van der Waals surface area contributed by atoms with Gasteiger partial charge in [-0.1, -0.05) is 18.2 Å². The van der Waals surface area contributed by atoms with Crippen LogP contribution < -0.4 is 5.32 Å². The average molecular weight is 165 g/mol. The van der Waals surface area contributed by atoms with Crippen LogP contribution in [0.5, 0.6) is 0 Å². The Balaban J connectivity index is 3.04. The summed E-state index contributed by atoms with van der Waals surface area (Å²) in [5.74, 6) is 0. The Kier molecular flexibility index (Phi) is 2.33. The minimum atomic E-state index is -1.02. The fourth-order valence-corrected chi connectivity index (χ4v) is 1.12. The van der Waals surface area contributed by atoms with Gasteiger partial charge in [0.25, 0.3) is 0 Å². The van der Waals surface area contributed by atoms with Crippen LogP contribution in [0.2, 0.25) is 0 Å². The lowest BCUT2D eigenvalue weighted by molar-refractivity contribution is 0.209. The van der Waals surface area contributed by atoms with Crippen molar-refractivity contribution in [2.24, 2.45) is 0 Å². The molecule has 0 spiro atoms. The summed E-state index contributed by atoms with van der Waals surface area (Å²) in [6.07, 6.45) is -1.02. The predicted molar refractivity (Wildman–Crippen MR) is 47.6 cm³/mol. The third-order valence-corrected chi connectivity index (χ3v) is 1.71. The highest BCUT2D eigenvalue weighted by molar-refractivity contribution is 5.85. The molecule has 0 heterocycles. The largest absolute Gasteiger partial charge is 0.465 e. The summed E-state index contributed by atoms with van der Waals surface area (Å²) in [4.78, 5) is 10.4. The van der Waals surface area contributed by atoms with Crippen LogP contribution in [0.4, 0.5) is 10.5 Å². The van der Waals surface area contributed by atoms with Crippen LogP contribution in [0, 0.1) is 13.8 Å². The Morgan fingerprint density at radius 3 is 2.25 bits per heavy atom. The molecule has 0 bridgehead atoms. The number of hydrogen-bond donors (Lipinski definition) is 2. The van der Waals surface area contributed by atoms with Crippen molar-refractivity contribution in [3.05, 3.63) is 29.3 Å². The number of aryl methyl sites for hydroxylation is 2. The second-order valence-corrected chi connectivity index (χ2v) is 2.70. The van der Waals surface area contributed by atoms with Gasteiger partial charge in [-0.05, 0) is 25.0 Å². The Labute approximate surface area is 71.0 Å². The number of carboxylic acid groups (broad SMARTS) is 1. The van der Waals surface area contributed by atoms with E-state index in [0.717, 1.165) is 11.1 Å². The van der Waals surface area contributed by atoms with Gasteiger partial charge in [-0.2, -0.15) is 0 Å². The molecule has 3 heteroatoms. The smallest absolute Gasteiger partial charge is 0.409 e. The maximum Gasteiger partial charge on any atom is 0.409 e. The van der Waals surface area contributed by atoms with E-state index in [2.05, 4.69) is 5.32 Å². The van der Waals surface area contributed by atoms with E-state index < -0.39 is 6.09 Å². The van der Waals surface area contributed by atoms with Gasteiger partial charge in [-0.3, -0.25) is 5.32 Å². The number of hydrogen-bond acceptors (Lipinski definition) is 1. The maximum absolute atomic E-state index is 10.4. The number of carbonyl (C=O) groups is 1. The first-order valence-corrected chi connectivity index (χ1v) is 3.67. The van der Waals surface area contributed by atoms with E-state index in [1.807, 2.05) is 32.0 Å². The van der Waals surface area contributed by atoms with Gasteiger partial charge in [0.1, 0.15) is 0 Å². The van der Waals surface area contributed by atoms with Gasteiger partial charge in [0, 0.05) is 5.69 Å². The van der Waals surface area contributed by atoms with E-state index >= 15 is 0 Å². The molecule has 0 aliphatic carbocycles. The predicted octanol–water partition coefficient (Wildman–Crippen LogP) is 2.39. The third-order valence-electron chi connectivity index (χ3n) is 1.71. The van der Waals surface area contributed by atoms with Gasteiger partial charge in [0.2, 0.25) is 0 Å². The van der Waals surface area contributed by atoms with Gasteiger partial charge in [-0.15, -0.1) is 0 Å². The van der Waals surface area contributed by atoms with E-state index in [4.69, 9.17) is 5.11 Å². The molecule has 0 radical (unpaired) electrons. The highest BCUT2D eigenvalue weighted by atomic mass is 16.4. The highest BCUT2D eigenvalue weighted by Gasteiger charge is 2.03. The minimum Gasteiger partial charge on any atom is -0.465 e. The lowest BCUT2D eigenvalue weighted by Gasteiger charge is -2.07. The van der Waals surface area contributed by atoms with Crippen molar-refractivity contribution in [2.45, 2.75) is 13.8 Å². The van der Waals surface area contributed by atoms with Crippen molar-refractivity contribution in [1.82, 2.24) is 0 Å². The first-order valence-electron chi connectivity index (χ1n) is 3.67. The number of nitrogens with one attached hydrogen (secondary N) is 1. The van der Waals surface area contributed by atoms with Crippen LogP contribution in [-0.2, 0) is 0 Å². The number of para-hydroxylation sites is 1. The van der Waals surface area contributed by atoms with Crippen LogP contribution in [0.3, 0.4) is 0 Å². The fraction of sp³-hybridized carbons (Fsp3) is 0.222. The molecule has 0 fully saturated rings. The molecule has 1 aromatic rings. The Morgan fingerprint density at radius 2 is 1.83 bits per heavy atom. The quantitative estimate of drug-likeness (QED) is 0.671. The van der Waals surface area contributed by atoms with Crippen molar-refractivity contribution in [3.63, 3.8) is 0 Å². The zero-order valence-corrected chi connectivity index (χ0v) is 7.09. The molecule has 1 aromatic carbocycles. The first-order chi connectivity index (χ1) is 5.61. The number of rotatable bonds is 1. The van der Waals surface area contributed by atoms with Gasteiger partial charge >= 0.3 is 6.09 Å². The summed E-state index contributed by atoms with van der Waals surface area (Å²) >= 11 is 0. The monoisotopic (exact) mass is 165 g/mol. The second-order valence-electron chi connectivity index (χ2n) is 2.70. The molecule has 0 aliphatic heterocycles. The van der Waals surface area contributed by atoms with E-state index in [1.54, 1.807) is 0 Å². The number of benzene rings is 1. The summed E-state index contributed by atoms with van der Waals surface area (Å²) in [6, 6.07) is 5.65. The molecular formula is C9H11NO2. The van der Waals surface area contributed by atoms with E-state index in [1.165, 1.54) is 0 Å². The van der Waals surface area contributed by atoms with Crippen molar-refractivity contribution in [1.29, 1.82) is 0 Å². The molecule has 12 heavy (non-hydrogen) atoms. The summed E-state index contributed by atoms with van der Waals surface area (Å²) in [6.45, 7) is 3.75. The molecule has 0 saturated carbocycles. The fourth-order valence-electron chi connectivity index (χ4n) is 1.12. The lowest BCUT2D eigenvalue weighted by Crippen LogP contribution is -2.09. The van der Waals surface area contributed by atoms with Crippen LogP contribution in [0.15, 0.2) is 18.2 Å². The van der Waals surface area contributed by atoms with Crippen molar-refractivity contribution < 1.29 is 9.90 Å². The first kappa shape index (κ1) is 8.59. The molecule has 0 saturated heterocycles. The Morgan fingerprint density at radius 1 is 1.33 bits per heavy atom. The topological polar surface area (TPSA) is 49.3 Å². The second kappa shape index (κ2) is 3.26. The molecular weight excluding hydrogens is 154 g/mol. The zero-order chi connectivity index (χ0) is 9.14. The van der Waals surface area contributed by atoms with Crippen LogP contribution >= 0.6 is 0 Å². The Hall–Kier alpha value is -1.51. The summed E-state index contributed by atoms with van der Waals surface area (Å²) in [7, 11) is 0. The van der Waals surface area contributed by atoms with Crippen LogP contribution in [0.25, 0.3) is 0 Å². The molecule has 0 atom stereocenters. The van der Waals surface area contributed by atoms with E-state index in [9.17, 15) is 4.79 Å². The average Bonchev–Trinajstić information content (AvgIpc) is 1.97. The molecule has 1 amide bonds. The van der Waals surface area contributed by atoms with E-state index in [0.29, 0.717) is 5.69 Å². The normalized spacial score (nSPS) is 9.50. The van der Waals surface area contributed by atoms with Crippen molar-refractivity contribution >= 4 is 11.8 Å². The third kappa shape index (κ3) is 1.75. The minimum absolute atomic E-state index is 0.685. The number of anilines is 1. The van der Waals surface area contributed by atoms with Gasteiger partial charge in [-0.25, -0.2) is 4.79 Å². The zero-order valence-electron chi connectivity index (χ0n) is 7.09. The SMILES string of the molecule is Cc1cccc(C)c1NC(=O)O. The molecule has 2 N–H and O–H groups in total. The van der Waals surface area contributed by atoms with Gasteiger partial charge < -0.3 is 5.11 Å². The molecule has 1 rings (SSSR count). The van der Waals surface area contributed by atoms with Gasteiger partial charge in [0.05, 0.1) is 0 Å². The summed E-state index contributed by atoms with van der Waals surface area (Å²) in [5, 5.41) is 10.9. The van der Waals surface area contributed by atoms with Crippen molar-refractivity contribution in [2.75, 3.05) is 5.32 Å². The maximum atomic E-state index is 10.4. The molecule has 0 unspecified atom stereocenters.